The smallest absolute Gasteiger partial charge is 0.407 e. The van der Waals surface area contributed by atoms with E-state index in [1.54, 1.807) is 0 Å². The second-order valence-corrected chi connectivity index (χ2v) is 6.68. The fourth-order valence-electron chi connectivity index (χ4n) is 2.05. The molecule has 0 aliphatic rings. The third-order valence-corrected chi connectivity index (χ3v) is 3.10. The van der Waals surface area contributed by atoms with Crippen LogP contribution in [0, 0.1) is 5.92 Å². The number of aliphatic hydroxyl groups is 1. The molecule has 1 aromatic carbocycles. The number of aliphatic hydroxyl groups excluding tert-OH is 1. The third-order valence-electron chi connectivity index (χ3n) is 3.10. The zero-order valence-corrected chi connectivity index (χ0v) is 13.6. The number of rotatable bonds is 5. The molecule has 0 unspecified atom stereocenters. The van der Waals surface area contributed by atoms with Gasteiger partial charge in [-0.1, -0.05) is 44.2 Å². The van der Waals surface area contributed by atoms with Gasteiger partial charge in [-0.05, 0) is 38.7 Å². The van der Waals surface area contributed by atoms with Crippen molar-refractivity contribution in [3.63, 3.8) is 0 Å². The van der Waals surface area contributed by atoms with Crippen LogP contribution < -0.4 is 5.32 Å². The number of alkyl carbamates (subject to hydrolysis) is 1. The predicted octanol–water partition coefficient (Wildman–Crippen LogP) is 3.14. The van der Waals surface area contributed by atoms with Crippen molar-refractivity contribution in [2.45, 2.75) is 58.8 Å². The summed E-state index contributed by atoms with van der Waals surface area (Å²) in [7, 11) is 0. The molecule has 0 radical (unpaired) electrons. The van der Waals surface area contributed by atoms with Crippen LogP contribution >= 0.6 is 0 Å². The van der Waals surface area contributed by atoms with E-state index >= 15 is 0 Å². The van der Waals surface area contributed by atoms with Crippen molar-refractivity contribution in [1.29, 1.82) is 0 Å². The van der Waals surface area contributed by atoms with Crippen molar-refractivity contribution < 1.29 is 14.6 Å². The number of benzene rings is 1. The molecule has 0 fully saturated rings. The number of amides is 1. The number of carbonyl (C=O) groups excluding carboxylic acids is 1. The summed E-state index contributed by atoms with van der Waals surface area (Å²) in [6, 6.07) is 9.43. The van der Waals surface area contributed by atoms with Gasteiger partial charge in [0.1, 0.15) is 5.60 Å². The SMILES string of the molecule is CC(C)[C@@H](O)[C@H](Cc1ccccc1)NC(=O)OC(C)(C)C. The number of ether oxygens (including phenoxy) is 1. The van der Waals surface area contributed by atoms with Crippen molar-refractivity contribution >= 4 is 6.09 Å². The molecule has 0 aliphatic carbocycles. The molecule has 1 aromatic rings. The molecule has 1 rings (SSSR count). The Labute approximate surface area is 127 Å². The Balaban J connectivity index is 2.76. The van der Waals surface area contributed by atoms with Crippen molar-refractivity contribution in [3.8, 4) is 0 Å². The van der Waals surface area contributed by atoms with Gasteiger partial charge in [-0.2, -0.15) is 0 Å². The Kier molecular flexibility index (Phi) is 6.21. The minimum absolute atomic E-state index is 0.0497. The van der Waals surface area contributed by atoms with E-state index in [0.29, 0.717) is 6.42 Å². The summed E-state index contributed by atoms with van der Waals surface area (Å²) >= 11 is 0. The van der Waals surface area contributed by atoms with E-state index in [2.05, 4.69) is 5.32 Å². The Morgan fingerprint density at radius 3 is 2.29 bits per heavy atom. The van der Waals surface area contributed by atoms with Crippen LogP contribution in [0.3, 0.4) is 0 Å². The van der Waals surface area contributed by atoms with Crippen molar-refractivity contribution in [3.05, 3.63) is 35.9 Å². The largest absolute Gasteiger partial charge is 0.444 e. The van der Waals surface area contributed by atoms with E-state index in [-0.39, 0.29) is 12.0 Å². The van der Waals surface area contributed by atoms with Crippen LogP contribution in [0.2, 0.25) is 0 Å². The van der Waals surface area contributed by atoms with Gasteiger partial charge in [0.25, 0.3) is 0 Å². The lowest BCUT2D eigenvalue weighted by molar-refractivity contribution is 0.0359. The molecular formula is C17H27NO3. The highest BCUT2D eigenvalue weighted by Gasteiger charge is 2.26. The summed E-state index contributed by atoms with van der Waals surface area (Å²) in [6.45, 7) is 9.31. The van der Waals surface area contributed by atoms with Crippen LogP contribution in [-0.2, 0) is 11.2 Å². The van der Waals surface area contributed by atoms with Crippen LogP contribution in [0.5, 0.6) is 0 Å². The molecule has 21 heavy (non-hydrogen) atoms. The van der Waals surface area contributed by atoms with Gasteiger partial charge < -0.3 is 15.2 Å². The van der Waals surface area contributed by atoms with Crippen LogP contribution in [0.4, 0.5) is 4.79 Å². The summed E-state index contributed by atoms with van der Waals surface area (Å²) in [5.74, 6) is 0.0497. The second kappa shape index (κ2) is 7.46. The quantitative estimate of drug-likeness (QED) is 0.877. The monoisotopic (exact) mass is 293 g/mol. The topological polar surface area (TPSA) is 58.6 Å². The van der Waals surface area contributed by atoms with Gasteiger partial charge in [0.2, 0.25) is 0 Å². The van der Waals surface area contributed by atoms with Gasteiger partial charge in [-0.3, -0.25) is 0 Å². The molecule has 118 valence electrons. The van der Waals surface area contributed by atoms with Crippen LogP contribution in [0.1, 0.15) is 40.2 Å². The van der Waals surface area contributed by atoms with Crippen molar-refractivity contribution in [2.24, 2.45) is 5.92 Å². The second-order valence-electron chi connectivity index (χ2n) is 6.68. The van der Waals surface area contributed by atoms with Gasteiger partial charge in [0.05, 0.1) is 12.1 Å². The van der Waals surface area contributed by atoms with Crippen LogP contribution in [0.25, 0.3) is 0 Å². The first-order valence-corrected chi connectivity index (χ1v) is 7.40. The van der Waals surface area contributed by atoms with E-state index in [1.807, 2.05) is 65.0 Å². The lowest BCUT2D eigenvalue weighted by atomic mass is 9.94. The van der Waals surface area contributed by atoms with Crippen molar-refractivity contribution in [2.75, 3.05) is 0 Å². The van der Waals surface area contributed by atoms with E-state index in [1.165, 1.54) is 0 Å². The molecule has 1 amide bonds. The average molecular weight is 293 g/mol. The molecular weight excluding hydrogens is 266 g/mol. The molecule has 0 bridgehead atoms. The maximum Gasteiger partial charge on any atom is 0.407 e. The fraction of sp³-hybridized carbons (Fsp3) is 0.588. The molecule has 4 heteroatoms. The highest BCUT2D eigenvalue weighted by Crippen LogP contribution is 2.14. The zero-order valence-electron chi connectivity index (χ0n) is 13.6. The van der Waals surface area contributed by atoms with Crippen molar-refractivity contribution in [1.82, 2.24) is 5.32 Å². The maximum atomic E-state index is 11.9. The summed E-state index contributed by atoms with van der Waals surface area (Å²) in [6.07, 6.45) is -0.555. The first kappa shape index (κ1) is 17.5. The fourth-order valence-corrected chi connectivity index (χ4v) is 2.05. The Morgan fingerprint density at radius 2 is 1.81 bits per heavy atom. The summed E-state index contributed by atoms with van der Waals surface area (Å²) < 4.78 is 5.27. The molecule has 2 atom stereocenters. The molecule has 0 saturated heterocycles. The summed E-state index contributed by atoms with van der Waals surface area (Å²) in [4.78, 5) is 11.9. The number of hydrogen-bond acceptors (Lipinski definition) is 3. The number of carbonyl (C=O) groups is 1. The zero-order chi connectivity index (χ0) is 16.0. The Bertz CT molecular complexity index is 437. The number of hydrogen-bond donors (Lipinski definition) is 2. The molecule has 4 nitrogen and oxygen atoms in total. The first-order chi connectivity index (χ1) is 9.69. The van der Waals surface area contributed by atoms with Gasteiger partial charge in [-0.25, -0.2) is 4.79 Å². The van der Waals surface area contributed by atoms with Gasteiger partial charge >= 0.3 is 6.09 Å². The highest BCUT2D eigenvalue weighted by atomic mass is 16.6. The first-order valence-electron chi connectivity index (χ1n) is 7.40. The predicted molar refractivity (Wildman–Crippen MR) is 84.1 cm³/mol. The minimum Gasteiger partial charge on any atom is -0.444 e. The molecule has 0 saturated carbocycles. The minimum atomic E-state index is -0.627. The lowest BCUT2D eigenvalue weighted by Gasteiger charge is -2.28. The molecule has 0 spiro atoms. The lowest BCUT2D eigenvalue weighted by Crippen LogP contribution is -2.48. The molecule has 0 aliphatic heterocycles. The van der Waals surface area contributed by atoms with E-state index in [0.717, 1.165) is 5.56 Å². The van der Waals surface area contributed by atoms with Crippen LogP contribution in [0.15, 0.2) is 30.3 Å². The van der Waals surface area contributed by atoms with Gasteiger partial charge in [-0.15, -0.1) is 0 Å². The van der Waals surface area contributed by atoms with Crippen LogP contribution in [-0.4, -0.2) is 28.9 Å². The third kappa shape index (κ3) is 6.63. The standard InChI is InChI=1S/C17H27NO3/c1-12(2)15(19)14(11-13-9-7-6-8-10-13)18-16(20)21-17(3,4)5/h6-10,12,14-15,19H,11H2,1-5H3,(H,18,20)/t14-,15+/m0/s1. The summed E-state index contributed by atoms with van der Waals surface area (Å²) in [5, 5.41) is 13.1. The molecule has 2 N–H and O–H groups in total. The van der Waals surface area contributed by atoms with E-state index in [9.17, 15) is 9.90 Å². The summed E-state index contributed by atoms with van der Waals surface area (Å²) in [5.41, 5.74) is 0.516. The molecule has 0 aromatic heterocycles. The van der Waals surface area contributed by atoms with Gasteiger partial charge in [0, 0.05) is 0 Å². The average Bonchev–Trinajstić information content (AvgIpc) is 2.36. The Morgan fingerprint density at radius 1 is 1.24 bits per heavy atom. The van der Waals surface area contributed by atoms with E-state index in [4.69, 9.17) is 4.74 Å². The Hall–Kier alpha value is -1.55. The normalized spacial score (nSPS) is 14.6. The van der Waals surface area contributed by atoms with Gasteiger partial charge in [0.15, 0.2) is 0 Å². The number of nitrogens with one attached hydrogen (secondary N) is 1. The molecule has 0 heterocycles. The van der Waals surface area contributed by atoms with E-state index < -0.39 is 17.8 Å². The maximum absolute atomic E-state index is 11.9. The highest BCUT2D eigenvalue weighted by molar-refractivity contribution is 5.68.